The van der Waals surface area contributed by atoms with E-state index < -0.39 is 0 Å². The molecule has 1 N–H and O–H groups in total. The maximum atomic E-state index is 5.18. The zero-order valence-corrected chi connectivity index (χ0v) is 27.2. The zero-order chi connectivity index (χ0) is 31.2. The van der Waals surface area contributed by atoms with Crippen molar-refractivity contribution in [3.05, 3.63) is 138 Å². The van der Waals surface area contributed by atoms with Crippen LogP contribution in [0.5, 0.6) is 0 Å². The van der Waals surface area contributed by atoms with Gasteiger partial charge in [0.2, 0.25) is 0 Å². The van der Waals surface area contributed by atoms with Crippen molar-refractivity contribution in [1.29, 1.82) is 0 Å². The van der Waals surface area contributed by atoms with E-state index in [0.717, 1.165) is 27.6 Å². The number of benzene rings is 5. The summed E-state index contributed by atoms with van der Waals surface area (Å²) in [6, 6.07) is 44.1. The minimum Gasteiger partial charge on any atom is -0.359 e. The average molecular weight is 615 g/mol. The van der Waals surface area contributed by atoms with E-state index in [4.69, 9.17) is 4.98 Å². The molecule has 1 aliphatic heterocycles. The zero-order valence-electron chi connectivity index (χ0n) is 26.4. The Morgan fingerprint density at radius 2 is 1.43 bits per heavy atom. The summed E-state index contributed by atoms with van der Waals surface area (Å²) in [6.07, 6.45) is -0.0809. The van der Waals surface area contributed by atoms with E-state index in [-0.39, 0.29) is 11.6 Å². The van der Waals surface area contributed by atoms with Crippen molar-refractivity contribution in [2.45, 2.75) is 39.3 Å². The van der Waals surface area contributed by atoms with Crippen LogP contribution in [0.1, 0.15) is 43.8 Å². The molecule has 4 heterocycles. The van der Waals surface area contributed by atoms with Gasteiger partial charge >= 0.3 is 0 Å². The fourth-order valence-electron chi connectivity index (χ4n) is 7.21. The van der Waals surface area contributed by atoms with Crippen molar-refractivity contribution in [1.82, 2.24) is 9.55 Å². The second kappa shape index (κ2) is 9.93. The van der Waals surface area contributed by atoms with Crippen molar-refractivity contribution in [2.24, 2.45) is 0 Å². The van der Waals surface area contributed by atoms with Gasteiger partial charge in [-0.1, -0.05) is 87.5 Å². The molecular formula is C41H34N4S. The highest BCUT2D eigenvalue weighted by atomic mass is 32.1. The van der Waals surface area contributed by atoms with Crippen LogP contribution in [0.3, 0.4) is 0 Å². The molecule has 0 radical (unpaired) electrons. The lowest BCUT2D eigenvalue weighted by atomic mass is 9.91. The molecule has 8 aromatic rings. The Hall–Kier alpha value is -5.13. The fraction of sp³-hybridized carbons (Fsp3) is 0.146. The first kappa shape index (κ1) is 27.2. The quantitative estimate of drug-likeness (QED) is 0.215. The van der Waals surface area contributed by atoms with Crippen molar-refractivity contribution in [3.63, 3.8) is 0 Å². The molecule has 0 aliphatic carbocycles. The average Bonchev–Trinajstić information content (AvgIpc) is 3.74. The number of aryl methyl sites for hydroxylation is 1. The topological polar surface area (TPSA) is 33.1 Å². The van der Waals surface area contributed by atoms with E-state index in [9.17, 15) is 0 Å². The standard InChI is InChI=1S/C41H34N4S/c1-25-18-20-31(38-37(25)30-22-23-36(41(2,3)4)43-40(30)46-38)39-42-32-15-9-11-17-34(32)45(39)27-19-21-29-28-14-8-10-16-33(28)44(35(29)24-27)26-12-6-5-7-13-26/h5-24,39,42H,1-4H3. The Labute approximate surface area is 272 Å². The molecule has 1 aliphatic rings. The van der Waals surface area contributed by atoms with Gasteiger partial charge in [0.15, 0.2) is 0 Å². The van der Waals surface area contributed by atoms with Crippen LogP contribution in [0.25, 0.3) is 47.8 Å². The van der Waals surface area contributed by atoms with Crippen molar-refractivity contribution >= 4 is 70.5 Å². The third-order valence-corrected chi connectivity index (χ3v) is 10.6. The molecule has 1 unspecified atom stereocenters. The normalized spacial score (nSPS) is 14.9. The van der Waals surface area contributed by atoms with Crippen LogP contribution in [0, 0.1) is 6.92 Å². The lowest BCUT2D eigenvalue weighted by molar-refractivity contribution is 0.572. The second-order valence-electron chi connectivity index (χ2n) is 13.4. The van der Waals surface area contributed by atoms with E-state index in [1.165, 1.54) is 54.1 Å². The van der Waals surface area contributed by atoms with Crippen LogP contribution in [-0.2, 0) is 5.41 Å². The Morgan fingerprint density at radius 1 is 0.696 bits per heavy atom. The summed E-state index contributed by atoms with van der Waals surface area (Å²) in [7, 11) is 0. The predicted octanol–water partition coefficient (Wildman–Crippen LogP) is 11.4. The largest absolute Gasteiger partial charge is 0.359 e. The number of pyridine rings is 1. The van der Waals surface area contributed by atoms with Gasteiger partial charge in [0.05, 0.1) is 22.4 Å². The predicted molar refractivity (Wildman–Crippen MR) is 196 cm³/mol. The minimum atomic E-state index is -0.0809. The lowest BCUT2D eigenvalue weighted by Gasteiger charge is -2.28. The van der Waals surface area contributed by atoms with E-state index in [2.05, 4.69) is 164 Å². The Kier molecular flexibility index (Phi) is 5.87. The highest BCUT2D eigenvalue weighted by Crippen LogP contribution is 2.50. The van der Waals surface area contributed by atoms with Crippen LogP contribution in [0.4, 0.5) is 17.1 Å². The van der Waals surface area contributed by atoms with Crippen LogP contribution in [0.2, 0.25) is 0 Å². The van der Waals surface area contributed by atoms with Gasteiger partial charge in [0.25, 0.3) is 0 Å². The summed E-state index contributed by atoms with van der Waals surface area (Å²) in [5.74, 6) is 0. The van der Waals surface area contributed by atoms with E-state index >= 15 is 0 Å². The van der Waals surface area contributed by atoms with E-state index in [1.807, 2.05) is 11.3 Å². The Bertz CT molecular complexity index is 2460. The van der Waals surface area contributed by atoms with E-state index in [0.29, 0.717) is 0 Å². The smallest absolute Gasteiger partial charge is 0.132 e. The first-order valence-electron chi connectivity index (χ1n) is 15.9. The summed E-state index contributed by atoms with van der Waals surface area (Å²) < 4.78 is 3.69. The number of thiophene rings is 1. The number of nitrogens with one attached hydrogen (secondary N) is 1. The van der Waals surface area contributed by atoms with Gasteiger partial charge in [0.1, 0.15) is 11.0 Å². The van der Waals surface area contributed by atoms with E-state index in [1.54, 1.807) is 0 Å². The molecule has 4 nitrogen and oxygen atoms in total. The number of fused-ring (bicyclic) bond motifs is 7. The second-order valence-corrected chi connectivity index (χ2v) is 14.4. The van der Waals surface area contributed by atoms with Gasteiger partial charge in [-0.2, -0.15) is 0 Å². The summed E-state index contributed by atoms with van der Waals surface area (Å²) in [5.41, 5.74) is 10.7. The van der Waals surface area contributed by atoms with Gasteiger partial charge in [-0.05, 0) is 67.1 Å². The molecule has 0 amide bonds. The summed E-state index contributed by atoms with van der Waals surface area (Å²) in [4.78, 5) is 8.77. The third-order valence-electron chi connectivity index (χ3n) is 9.45. The number of nitrogens with zero attached hydrogens (tertiary/aromatic N) is 3. The van der Waals surface area contributed by atoms with Crippen molar-refractivity contribution < 1.29 is 0 Å². The van der Waals surface area contributed by atoms with Gasteiger partial charge < -0.3 is 14.8 Å². The SMILES string of the molecule is Cc1ccc(C2Nc3ccccc3N2c2ccc3c4ccccc4n(-c4ccccc4)c3c2)c2sc3nc(C(C)(C)C)ccc3c12. The van der Waals surface area contributed by atoms with Crippen LogP contribution in [-0.4, -0.2) is 9.55 Å². The first-order chi connectivity index (χ1) is 22.4. The molecule has 3 aromatic heterocycles. The number of hydrogen-bond acceptors (Lipinski definition) is 4. The molecule has 9 rings (SSSR count). The Balaban J connectivity index is 1.27. The van der Waals surface area contributed by atoms with Crippen LogP contribution in [0.15, 0.2) is 121 Å². The summed E-state index contributed by atoms with van der Waals surface area (Å²) >= 11 is 1.82. The highest BCUT2D eigenvalue weighted by molar-refractivity contribution is 7.25. The van der Waals surface area contributed by atoms with Gasteiger partial charge in [-0.15, -0.1) is 11.3 Å². The van der Waals surface area contributed by atoms with Crippen molar-refractivity contribution in [3.8, 4) is 5.69 Å². The molecule has 0 spiro atoms. The maximum absolute atomic E-state index is 5.18. The number of rotatable bonds is 3. The first-order valence-corrected chi connectivity index (χ1v) is 16.8. The maximum Gasteiger partial charge on any atom is 0.132 e. The number of hydrogen-bond donors (Lipinski definition) is 1. The number of aromatic nitrogens is 2. The third kappa shape index (κ3) is 4.01. The molecule has 46 heavy (non-hydrogen) atoms. The van der Waals surface area contributed by atoms with Crippen LogP contribution >= 0.6 is 11.3 Å². The molecule has 1 atom stereocenters. The van der Waals surface area contributed by atoms with Gasteiger partial charge in [0, 0.05) is 54.3 Å². The summed E-state index contributed by atoms with van der Waals surface area (Å²) in [5, 5.41) is 8.98. The van der Waals surface area contributed by atoms with Gasteiger partial charge in [-0.25, -0.2) is 4.98 Å². The summed E-state index contributed by atoms with van der Waals surface area (Å²) in [6.45, 7) is 8.92. The Morgan fingerprint density at radius 3 is 2.28 bits per heavy atom. The monoisotopic (exact) mass is 614 g/mol. The number of para-hydroxylation sites is 4. The molecule has 224 valence electrons. The lowest BCUT2D eigenvalue weighted by Crippen LogP contribution is -2.23. The van der Waals surface area contributed by atoms with Crippen LogP contribution < -0.4 is 10.2 Å². The molecule has 0 bridgehead atoms. The molecule has 0 fully saturated rings. The molecular weight excluding hydrogens is 581 g/mol. The van der Waals surface area contributed by atoms with Crippen molar-refractivity contribution in [2.75, 3.05) is 10.2 Å². The number of anilines is 3. The molecule has 0 saturated carbocycles. The highest BCUT2D eigenvalue weighted by Gasteiger charge is 2.33. The minimum absolute atomic E-state index is 0.00541. The fourth-order valence-corrected chi connectivity index (χ4v) is 8.49. The molecule has 0 saturated heterocycles. The van der Waals surface area contributed by atoms with Gasteiger partial charge in [-0.3, -0.25) is 0 Å². The molecule has 5 aromatic carbocycles. The molecule has 5 heteroatoms.